The van der Waals surface area contributed by atoms with Crippen LogP contribution in [0.3, 0.4) is 0 Å². The second-order valence-corrected chi connectivity index (χ2v) is 2.50. The maximum Gasteiger partial charge on any atom is 0.257 e. The molecule has 0 atom stereocenters. The molecule has 0 unspecified atom stereocenters. The fourth-order valence-electron chi connectivity index (χ4n) is 0.965. The molecule has 1 amide bonds. The number of carbonyl (C=O) groups is 1. The van der Waals surface area contributed by atoms with Crippen LogP contribution in [0.15, 0.2) is 0 Å². The molecule has 1 aliphatic heterocycles. The number of hydrogen-bond donors (Lipinski definition) is 1. The minimum absolute atomic E-state index is 0.141. The Labute approximate surface area is 52.6 Å². The van der Waals surface area contributed by atoms with Gasteiger partial charge in [-0.1, -0.05) is 0 Å². The lowest BCUT2D eigenvalue weighted by atomic mass is 9.97. The number of carbonyl (C=O) groups excluding carboxylic acids is 1. The molecule has 4 heteroatoms. The molecule has 52 valence electrons. The van der Waals surface area contributed by atoms with Gasteiger partial charge in [-0.05, 0) is 7.05 Å². The van der Waals surface area contributed by atoms with Gasteiger partial charge in [0, 0.05) is 13.1 Å². The van der Waals surface area contributed by atoms with Crippen molar-refractivity contribution in [3.05, 3.63) is 0 Å². The molecule has 0 aromatic heterocycles. The van der Waals surface area contributed by atoms with E-state index in [2.05, 4.69) is 0 Å². The number of amides is 1. The fraction of sp³-hybridized carbons (Fsp3) is 0.800. The van der Waals surface area contributed by atoms with Crippen LogP contribution in [-0.4, -0.2) is 36.6 Å². The van der Waals surface area contributed by atoms with E-state index >= 15 is 0 Å². The molecule has 0 aromatic carbocycles. The van der Waals surface area contributed by atoms with Crippen molar-refractivity contribution in [1.29, 1.82) is 0 Å². The highest BCUT2D eigenvalue weighted by Crippen LogP contribution is 2.22. The zero-order chi connectivity index (χ0) is 7.07. The Morgan fingerprint density at radius 3 is 2.33 bits per heavy atom. The molecule has 0 saturated carbocycles. The second kappa shape index (κ2) is 1.67. The van der Waals surface area contributed by atoms with E-state index in [9.17, 15) is 9.18 Å². The van der Waals surface area contributed by atoms with E-state index in [-0.39, 0.29) is 13.1 Å². The fourth-order valence-corrected chi connectivity index (χ4v) is 0.965. The Balaban J connectivity index is 2.50. The third-order valence-electron chi connectivity index (χ3n) is 1.48. The highest BCUT2D eigenvalue weighted by atomic mass is 19.1. The molecule has 0 aromatic rings. The number of hydrogen-bond acceptors (Lipinski definition) is 2. The zero-order valence-corrected chi connectivity index (χ0v) is 5.22. The summed E-state index contributed by atoms with van der Waals surface area (Å²) in [6, 6.07) is 0. The molecule has 0 spiro atoms. The predicted molar refractivity (Wildman–Crippen MR) is 30.5 cm³/mol. The smallest absolute Gasteiger partial charge is 0.257 e. The molecule has 0 radical (unpaired) electrons. The standard InChI is InChI=1S/C5H9FN2O/c1-8-2-5(6,3-8)4(7)9/h2-3H2,1H3,(H2,7,9). The second-order valence-electron chi connectivity index (χ2n) is 2.50. The predicted octanol–water partition coefficient (Wildman–Crippen LogP) is -0.875. The van der Waals surface area contributed by atoms with Crippen LogP contribution < -0.4 is 5.73 Å². The van der Waals surface area contributed by atoms with Gasteiger partial charge in [0.1, 0.15) is 0 Å². The minimum Gasteiger partial charge on any atom is -0.367 e. The number of nitrogens with two attached hydrogens (primary N) is 1. The van der Waals surface area contributed by atoms with Crippen LogP contribution >= 0.6 is 0 Å². The molecule has 0 bridgehead atoms. The Hall–Kier alpha value is -0.640. The van der Waals surface area contributed by atoms with Crippen LogP contribution in [0.2, 0.25) is 0 Å². The van der Waals surface area contributed by atoms with Crippen LogP contribution in [-0.2, 0) is 4.79 Å². The summed E-state index contributed by atoms with van der Waals surface area (Å²) in [5.41, 5.74) is 3.01. The summed E-state index contributed by atoms with van der Waals surface area (Å²) >= 11 is 0. The highest BCUT2D eigenvalue weighted by molar-refractivity contribution is 5.85. The van der Waals surface area contributed by atoms with Gasteiger partial charge in [0.15, 0.2) is 0 Å². The van der Waals surface area contributed by atoms with E-state index in [4.69, 9.17) is 5.73 Å². The lowest BCUT2D eigenvalue weighted by molar-refractivity contribution is -0.139. The molecule has 1 aliphatic rings. The summed E-state index contributed by atoms with van der Waals surface area (Å²) in [5.74, 6) is -0.847. The monoisotopic (exact) mass is 132 g/mol. The third-order valence-corrected chi connectivity index (χ3v) is 1.48. The van der Waals surface area contributed by atoms with Gasteiger partial charge in [-0.15, -0.1) is 0 Å². The van der Waals surface area contributed by atoms with E-state index < -0.39 is 11.6 Å². The van der Waals surface area contributed by atoms with Crippen LogP contribution in [0.5, 0.6) is 0 Å². The van der Waals surface area contributed by atoms with Crippen LogP contribution in [0, 0.1) is 0 Å². The van der Waals surface area contributed by atoms with Gasteiger partial charge < -0.3 is 5.73 Å². The molecule has 1 fully saturated rings. The maximum absolute atomic E-state index is 12.8. The summed E-state index contributed by atoms with van der Waals surface area (Å²) < 4.78 is 12.8. The van der Waals surface area contributed by atoms with Gasteiger partial charge in [0.2, 0.25) is 5.67 Å². The van der Waals surface area contributed by atoms with Crippen molar-refractivity contribution in [2.24, 2.45) is 5.73 Å². The summed E-state index contributed by atoms with van der Waals surface area (Å²) in [6.07, 6.45) is 0. The average molecular weight is 132 g/mol. The summed E-state index contributed by atoms with van der Waals surface area (Å²) in [7, 11) is 1.74. The average Bonchev–Trinajstić information content (AvgIpc) is 1.62. The van der Waals surface area contributed by atoms with Crippen molar-refractivity contribution in [3.63, 3.8) is 0 Å². The highest BCUT2D eigenvalue weighted by Gasteiger charge is 2.46. The van der Waals surface area contributed by atoms with E-state index in [0.717, 1.165) is 0 Å². The zero-order valence-electron chi connectivity index (χ0n) is 5.22. The first-order valence-corrected chi connectivity index (χ1v) is 2.72. The quantitative estimate of drug-likeness (QED) is 0.504. The van der Waals surface area contributed by atoms with Crippen molar-refractivity contribution in [3.8, 4) is 0 Å². The lowest BCUT2D eigenvalue weighted by Crippen LogP contribution is -2.63. The maximum atomic E-state index is 12.8. The van der Waals surface area contributed by atoms with E-state index in [1.165, 1.54) is 0 Å². The SMILES string of the molecule is CN1CC(F)(C(N)=O)C1. The van der Waals surface area contributed by atoms with Crippen LogP contribution in [0.25, 0.3) is 0 Å². The molecule has 3 nitrogen and oxygen atoms in total. The Morgan fingerprint density at radius 1 is 1.78 bits per heavy atom. The third kappa shape index (κ3) is 0.896. The topological polar surface area (TPSA) is 46.3 Å². The Morgan fingerprint density at radius 2 is 2.22 bits per heavy atom. The summed E-state index contributed by atoms with van der Waals surface area (Å²) in [4.78, 5) is 12.0. The van der Waals surface area contributed by atoms with Gasteiger partial charge in [0.05, 0.1) is 0 Å². The molecule has 1 rings (SSSR count). The first-order chi connectivity index (χ1) is 4.04. The van der Waals surface area contributed by atoms with Gasteiger partial charge in [0.25, 0.3) is 5.91 Å². The van der Waals surface area contributed by atoms with Crippen molar-refractivity contribution >= 4 is 5.91 Å². The van der Waals surface area contributed by atoms with Gasteiger partial charge in [-0.25, -0.2) is 4.39 Å². The molecular formula is C5H9FN2O. The van der Waals surface area contributed by atoms with E-state index in [0.29, 0.717) is 0 Å². The Bertz CT molecular complexity index is 142. The van der Waals surface area contributed by atoms with E-state index in [1.54, 1.807) is 11.9 Å². The van der Waals surface area contributed by atoms with Crippen molar-refractivity contribution in [1.82, 2.24) is 4.90 Å². The number of alkyl halides is 1. The summed E-state index contributed by atoms with van der Waals surface area (Å²) in [6.45, 7) is 0.282. The van der Waals surface area contributed by atoms with Gasteiger partial charge in [-0.2, -0.15) is 0 Å². The van der Waals surface area contributed by atoms with Gasteiger partial charge in [-0.3, -0.25) is 9.69 Å². The largest absolute Gasteiger partial charge is 0.367 e. The molecule has 0 aliphatic carbocycles. The number of nitrogens with zero attached hydrogens (tertiary/aromatic N) is 1. The normalized spacial score (nSPS) is 25.1. The molecule has 9 heavy (non-hydrogen) atoms. The van der Waals surface area contributed by atoms with Gasteiger partial charge >= 0.3 is 0 Å². The van der Waals surface area contributed by atoms with Crippen LogP contribution in [0.1, 0.15) is 0 Å². The molecule has 1 heterocycles. The first-order valence-electron chi connectivity index (χ1n) is 2.72. The molecule has 2 N–H and O–H groups in total. The number of halogens is 1. The van der Waals surface area contributed by atoms with Crippen molar-refractivity contribution in [2.45, 2.75) is 5.67 Å². The lowest BCUT2D eigenvalue weighted by Gasteiger charge is -2.39. The first kappa shape index (κ1) is 6.48. The van der Waals surface area contributed by atoms with Crippen LogP contribution in [0.4, 0.5) is 4.39 Å². The molecule has 1 saturated heterocycles. The van der Waals surface area contributed by atoms with Crippen molar-refractivity contribution < 1.29 is 9.18 Å². The summed E-state index contributed by atoms with van der Waals surface area (Å²) in [5, 5.41) is 0. The van der Waals surface area contributed by atoms with Crippen molar-refractivity contribution in [2.75, 3.05) is 20.1 Å². The number of likely N-dealkylation sites (tertiary alicyclic amines) is 1. The Kier molecular flexibility index (Phi) is 1.20. The number of rotatable bonds is 1. The minimum atomic E-state index is -1.74. The molecular weight excluding hydrogens is 123 g/mol. The van der Waals surface area contributed by atoms with E-state index in [1.807, 2.05) is 0 Å². The number of primary amides is 1.